The third-order valence-electron chi connectivity index (χ3n) is 6.91. The maximum absolute atomic E-state index is 13.6. The van der Waals surface area contributed by atoms with Crippen LogP contribution < -0.4 is 4.90 Å². The Morgan fingerprint density at radius 3 is 1.59 bits per heavy atom. The fourth-order valence-electron chi connectivity index (χ4n) is 5.65. The van der Waals surface area contributed by atoms with Crippen molar-refractivity contribution in [3.63, 3.8) is 0 Å². The van der Waals surface area contributed by atoms with Crippen molar-refractivity contribution in [2.75, 3.05) is 4.90 Å². The lowest BCUT2D eigenvalue weighted by Crippen LogP contribution is -2.33. The van der Waals surface area contributed by atoms with Gasteiger partial charge in [0, 0.05) is 15.4 Å². The second-order valence-electron chi connectivity index (χ2n) is 8.54. The van der Waals surface area contributed by atoms with Gasteiger partial charge in [-0.25, -0.2) is 4.90 Å². The monoisotopic (exact) mass is 529 g/mol. The Hall–Kier alpha value is -2.99. The number of hydrogen-bond donors (Lipinski definition) is 0. The number of fused-ring (bicyclic) bond motifs is 5. The first kappa shape index (κ1) is 19.7. The predicted molar refractivity (Wildman–Crippen MR) is 134 cm³/mol. The van der Waals surface area contributed by atoms with Gasteiger partial charge in [0.15, 0.2) is 0 Å². The lowest BCUT2D eigenvalue weighted by molar-refractivity contribution is -0.122. The van der Waals surface area contributed by atoms with Crippen molar-refractivity contribution in [1.82, 2.24) is 0 Å². The Morgan fingerprint density at radius 2 is 1.12 bits per heavy atom. The molecule has 156 valence electrons. The first-order chi connectivity index (χ1) is 15.6. The average Bonchev–Trinajstić information content (AvgIpc) is 3.46. The number of rotatable bonds is 3. The van der Waals surface area contributed by atoms with Crippen LogP contribution in [0.4, 0.5) is 5.69 Å². The molecule has 0 N–H and O–H groups in total. The van der Waals surface area contributed by atoms with E-state index in [2.05, 4.69) is 59.0 Å². The molecule has 3 nitrogen and oxygen atoms in total. The third kappa shape index (κ3) is 2.85. The highest BCUT2D eigenvalue weighted by molar-refractivity contribution is 14.1. The summed E-state index contributed by atoms with van der Waals surface area (Å²) in [6, 6.07) is 28.3. The number of carbonyl (C=O) groups excluding carboxylic acids is 2. The van der Waals surface area contributed by atoms with Crippen LogP contribution in [0.1, 0.15) is 11.1 Å². The van der Waals surface area contributed by atoms with Gasteiger partial charge in [-0.15, -0.1) is 0 Å². The van der Waals surface area contributed by atoms with Gasteiger partial charge in [-0.1, -0.05) is 72.8 Å². The lowest BCUT2D eigenvalue weighted by atomic mass is 9.85. The van der Waals surface area contributed by atoms with Gasteiger partial charge in [0.1, 0.15) is 0 Å². The minimum atomic E-state index is -0.325. The molecule has 4 heteroatoms. The molecule has 2 amide bonds. The van der Waals surface area contributed by atoms with Crippen molar-refractivity contribution < 1.29 is 9.59 Å². The number of imide groups is 1. The summed E-state index contributed by atoms with van der Waals surface area (Å²) < 4.78 is 1.08. The van der Waals surface area contributed by atoms with Gasteiger partial charge in [-0.05, 0) is 69.1 Å². The van der Waals surface area contributed by atoms with Crippen molar-refractivity contribution in [2.24, 2.45) is 23.7 Å². The highest BCUT2D eigenvalue weighted by Crippen LogP contribution is 2.58. The van der Waals surface area contributed by atoms with Crippen LogP contribution in [0.15, 0.2) is 103 Å². The van der Waals surface area contributed by atoms with E-state index in [1.54, 1.807) is 0 Å². The molecule has 4 atom stereocenters. The predicted octanol–water partition coefficient (Wildman–Crippen LogP) is 5.71. The molecule has 0 unspecified atom stereocenters. The zero-order valence-electron chi connectivity index (χ0n) is 17.2. The molecule has 3 aromatic carbocycles. The van der Waals surface area contributed by atoms with Gasteiger partial charge in [-0.2, -0.15) is 0 Å². The summed E-state index contributed by atoms with van der Waals surface area (Å²) in [5.74, 6) is -0.896. The molecule has 0 aromatic heterocycles. The standard InChI is InChI=1S/C28H20INO2/c29-19-11-13-20(14-12-19)30-27(31)25-21-15-16-22(26(25)28(30)32)24(21)23(17-7-3-1-4-8-17)18-9-5-2-6-10-18/h1-16,21-22,25-26H/t21-,22-,25-,26+/m0/s1. The molecule has 1 aliphatic heterocycles. The van der Waals surface area contributed by atoms with Gasteiger partial charge >= 0.3 is 0 Å². The van der Waals surface area contributed by atoms with Crippen LogP contribution in [0.5, 0.6) is 0 Å². The van der Waals surface area contributed by atoms with Gasteiger partial charge in [0.05, 0.1) is 17.5 Å². The molecule has 3 aliphatic rings. The number of hydrogen-bond acceptors (Lipinski definition) is 2. The van der Waals surface area contributed by atoms with E-state index in [9.17, 15) is 9.59 Å². The second kappa shape index (κ2) is 7.55. The number of carbonyl (C=O) groups is 2. The zero-order chi connectivity index (χ0) is 21.8. The van der Waals surface area contributed by atoms with E-state index in [4.69, 9.17) is 0 Å². The summed E-state index contributed by atoms with van der Waals surface area (Å²) >= 11 is 2.23. The quantitative estimate of drug-likeness (QED) is 0.248. The fraction of sp³-hybridized carbons (Fsp3) is 0.143. The number of nitrogens with zero attached hydrogens (tertiary/aromatic N) is 1. The van der Waals surface area contributed by atoms with Gasteiger partial charge in [0.2, 0.25) is 11.8 Å². The summed E-state index contributed by atoms with van der Waals surface area (Å²) in [7, 11) is 0. The normalized spacial score (nSPS) is 25.5. The number of allylic oxidation sites excluding steroid dienone is 3. The van der Waals surface area contributed by atoms with Gasteiger partial charge < -0.3 is 0 Å². The van der Waals surface area contributed by atoms with Crippen LogP contribution in [-0.2, 0) is 9.59 Å². The maximum Gasteiger partial charge on any atom is 0.238 e. The lowest BCUT2D eigenvalue weighted by Gasteiger charge is -2.21. The Balaban J connectivity index is 1.48. The molecule has 1 saturated heterocycles. The molecule has 1 heterocycles. The van der Waals surface area contributed by atoms with E-state index in [0.717, 1.165) is 20.3 Å². The number of anilines is 1. The number of halogens is 1. The fourth-order valence-corrected chi connectivity index (χ4v) is 6.01. The van der Waals surface area contributed by atoms with E-state index < -0.39 is 0 Å². The molecule has 2 aliphatic carbocycles. The van der Waals surface area contributed by atoms with Gasteiger partial charge in [-0.3, -0.25) is 9.59 Å². The molecule has 0 radical (unpaired) electrons. The summed E-state index contributed by atoms with van der Waals surface area (Å²) in [4.78, 5) is 28.5. The van der Waals surface area contributed by atoms with Crippen molar-refractivity contribution in [3.05, 3.63) is 117 Å². The molecule has 2 bridgehead atoms. The van der Waals surface area contributed by atoms with Crippen LogP contribution >= 0.6 is 22.6 Å². The van der Waals surface area contributed by atoms with Gasteiger partial charge in [0.25, 0.3) is 0 Å². The highest BCUT2D eigenvalue weighted by Gasteiger charge is 2.62. The molecule has 2 fully saturated rings. The molecular formula is C28H20INO2. The first-order valence-corrected chi connectivity index (χ1v) is 11.9. The average molecular weight is 529 g/mol. The van der Waals surface area contributed by atoms with Crippen molar-refractivity contribution in [1.29, 1.82) is 0 Å². The Morgan fingerprint density at radius 1 is 0.656 bits per heavy atom. The van der Waals surface area contributed by atoms with Crippen LogP contribution in [0, 0.1) is 27.2 Å². The largest absolute Gasteiger partial charge is 0.274 e. The second-order valence-corrected chi connectivity index (χ2v) is 9.78. The highest BCUT2D eigenvalue weighted by atomic mass is 127. The minimum absolute atomic E-state index is 0.0503. The molecule has 0 spiro atoms. The molecule has 3 aromatic rings. The van der Waals surface area contributed by atoms with Crippen molar-refractivity contribution in [3.8, 4) is 0 Å². The zero-order valence-corrected chi connectivity index (χ0v) is 19.3. The van der Waals surface area contributed by atoms with Crippen LogP contribution in [0.2, 0.25) is 0 Å². The SMILES string of the molecule is O=C1[C@@H]2[C@H](C(=O)N1c1ccc(I)cc1)[C@H]1C=C[C@H]2C1=C(c1ccccc1)c1ccccc1. The smallest absolute Gasteiger partial charge is 0.238 e. The molecular weight excluding hydrogens is 509 g/mol. The van der Waals surface area contributed by atoms with E-state index in [1.165, 1.54) is 10.5 Å². The molecule has 32 heavy (non-hydrogen) atoms. The van der Waals surface area contributed by atoms with Crippen LogP contribution in [0.25, 0.3) is 5.57 Å². The van der Waals surface area contributed by atoms with E-state index in [-0.39, 0.29) is 35.5 Å². The Kier molecular flexibility index (Phi) is 4.65. The minimum Gasteiger partial charge on any atom is -0.274 e. The van der Waals surface area contributed by atoms with E-state index in [0.29, 0.717) is 5.69 Å². The first-order valence-electron chi connectivity index (χ1n) is 10.8. The van der Waals surface area contributed by atoms with Crippen LogP contribution in [0.3, 0.4) is 0 Å². The molecule has 6 rings (SSSR count). The number of benzene rings is 3. The van der Waals surface area contributed by atoms with Crippen molar-refractivity contribution >= 4 is 45.7 Å². The molecule has 1 saturated carbocycles. The number of amides is 2. The summed E-state index contributed by atoms with van der Waals surface area (Å²) in [6.45, 7) is 0. The Labute approximate surface area is 200 Å². The topological polar surface area (TPSA) is 37.4 Å². The van der Waals surface area contributed by atoms with E-state index in [1.807, 2.05) is 60.7 Å². The summed E-state index contributed by atoms with van der Waals surface area (Å²) in [5, 5.41) is 0. The summed E-state index contributed by atoms with van der Waals surface area (Å²) in [6.07, 6.45) is 4.30. The Bertz CT molecular complexity index is 1200. The van der Waals surface area contributed by atoms with Crippen LogP contribution in [-0.4, -0.2) is 11.8 Å². The maximum atomic E-state index is 13.6. The third-order valence-corrected chi connectivity index (χ3v) is 7.63. The van der Waals surface area contributed by atoms with Crippen molar-refractivity contribution in [2.45, 2.75) is 0 Å². The van der Waals surface area contributed by atoms with E-state index >= 15 is 0 Å². The summed E-state index contributed by atoms with van der Waals surface area (Å²) in [5.41, 5.74) is 5.29.